The van der Waals surface area contributed by atoms with Gasteiger partial charge in [0.05, 0.1) is 0 Å². The van der Waals surface area contributed by atoms with E-state index in [1.54, 1.807) is 0 Å². The van der Waals surface area contributed by atoms with Crippen LogP contribution in [0.1, 0.15) is 0 Å². The van der Waals surface area contributed by atoms with E-state index in [2.05, 4.69) is 0 Å². The molecule has 0 bridgehead atoms. The third kappa shape index (κ3) is 41.3. The molecule has 8 heteroatoms. The van der Waals surface area contributed by atoms with Crippen molar-refractivity contribution in [2.45, 2.75) is 0 Å². The second-order valence-electron chi connectivity index (χ2n) is 0. The minimum atomic E-state index is 0. The molecule has 0 atom stereocenters. The molecular weight excluding hydrogens is 268 g/mol. The molecular formula is H10Ca2Cl4Na2. The molecule has 8 heavy (non-hydrogen) atoms. The van der Waals surface area contributed by atoms with Crippen LogP contribution in [0.25, 0.3) is 0 Å². The summed E-state index contributed by atoms with van der Waals surface area (Å²) < 4.78 is 0. The van der Waals surface area contributed by atoms with E-state index in [-0.39, 0.29) is 184 Å². The summed E-state index contributed by atoms with van der Waals surface area (Å²) in [5.41, 5.74) is 0. The van der Waals surface area contributed by atoms with Crippen molar-refractivity contribution >= 4 is 184 Å². The molecule has 0 N–H and O–H groups in total. The van der Waals surface area contributed by atoms with Crippen LogP contribution in [0.2, 0.25) is 0 Å². The maximum absolute atomic E-state index is 0. The maximum atomic E-state index is 0. The third-order valence-corrected chi connectivity index (χ3v) is 0. The molecule has 0 fully saturated rings. The fourth-order valence-corrected chi connectivity index (χ4v) is 0. The normalized spacial score (nSPS) is 0. The van der Waals surface area contributed by atoms with Gasteiger partial charge in [-0.3, -0.25) is 0 Å². The van der Waals surface area contributed by atoms with Gasteiger partial charge in [0, 0.05) is 0 Å². The third-order valence-electron chi connectivity index (χ3n) is 0. The molecule has 0 aliphatic carbocycles. The van der Waals surface area contributed by atoms with E-state index in [1.807, 2.05) is 0 Å². The van der Waals surface area contributed by atoms with Gasteiger partial charge in [0.15, 0.2) is 0 Å². The summed E-state index contributed by atoms with van der Waals surface area (Å²) in [5, 5.41) is 0. The Balaban J connectivity index is 0. The Labute approximate surface area is 179 Å². The van der Waals surface area contributed by atoms with Crippen LogP contribution in [-0.2, 0) is 0 Å². The van der Waals surface area contributed by atoms with Gasteiger partial charge in [-0.15, -0.1) is 49.6 Å². The van der Waals surface area contributed by atoms with Crippen LogP contribution in [0.5, 0.6) is 0 Å². The van der Waals surface area contributed by atoms with E-state index < -0.39 is 0 Å². The summed E-state index contributed by atoms with van der Waals surface area (Å²) in [5.74, 6) is 0. The monoisotopic (exact) mass is 276 g/mol. The number of hydrogen-bond acceptors (Lipinski definition) is 0. The summed E-state index contributed by atoms with van der Waals surface area (Å²) >= 11 is 0. The molecule has 0 aromatic heterocycles. The van der Waals surface area contributed by atoms with Gasteiger partial charge in [-0.2, -0.15) is 0 Å². The van der Waals surface area contributed by atoms with Crippen molar-refractivity contribution in [2.24, 2.45) is 0 Å². The first kappa shape index (κ1) is 68.2. The summed E-state index contributed by atoms with van der Waals surface area (Å²) in [6, 6.07) is 0. The summed E-state index contributed by atoms with van der Waals surface area (Å²) in [6.45, 7) is 0. The van der Waals surface area contributed by atoms with Crippen LogP contribution in [0.3, 0.4) is 0 Å². The van der Waals surface area contributed by atoms with Crippen molar-refractivity contribution < 1.29 is 0 Å². The molecule has 0 saturated heterocycles. The van der Waals surface area contributed by atoms with E-state index in [0.29, 0.717) is 0 Å². The molecule has 0 aliphatic heterocycles. The molecule has 0 heterocycles. The van der Waals surface area contributed by atoms with E-state index in [9.17, 15) is 0 Å². The number of hydrogen-bond donors (Lipinski definition) is 0. The zero-order valence-corrected chi connectivity index (χ0v) is 4.90. The standard InChI is InChI=1S/2Ca.4ClH.2Na.6H/h;;4*1H;;;;;;;;. The second kappa shape index (κ2) is 53.6. The molecule has 0 amide bonds. The van der Waals surface area contributed by atoms with Gasteiger partial charge in [-0.1, -0.05) is 0 Å². The van der Waals surface area contributed by atoms with Crippen molar-refractivity contribution in [1.29, 1.82) is 0 Å². The van der Waals surface area contributed by atoms with Gasteiger partial charge in [0.25, 0.3) is 0 Å². The zero-order chi connectivity index (χ0) is 0. The average molecular weight is 278 g/mol. The zero-order valence-electron chi connectivity index (χ0n) is 1.63. The van der Waals surface area contributed by atoms with Gasteiger partial charge in [0.2, 0.25) is 0 Å². The Morgan fingerprint density at radius 1 is 0.375 bits per heavy atom. The van der Waals surface area contributed by atoms with Gasteiger partial charge < -0.3 is 0 Å². The summed E-state index contributed by atoms with van der Waals surface area (Å²) in [7, 11) is 0. The number of rotatable bonds is 0. The quantitative estimate of drug-likeness (QED) is 0.476. The average Bonchev–Trinajstić information content (AvgIpc) is 0. The first-order chi connectivity index (χ1) is 0. The molecule has 0 aliphatic rings. The Kier molecular flexibility index (Phi) is 457. The van der Waals surface area contributed by atoms with Crippen LogP contribution in [0.15, 0.2) is 0 Å². The van der Waals surface area contributed by atoms with E-state index >= 15 is 0 Å². The Hall–Kier alpha value is 5.68. The molecule has 0 saturated carbocycles. The van der Waals surface area contributed by atoms with Gasteiger partial charge in [-0.25, -0.2) is 0 Å². The Morgan fingerprint density at radius 2 is 0.375 bits per heavy atom. The van der Waals surface area contributed by atoms with Crippen LogP contribution >= 0.6 is 49.6 Å². The molecule has 0 nitrogen and oxygen atoms in total. The van der Waals surface area contributed by atoms with Crippen molar-refractivity contribution in [2.75, 3.05) is 0 Å². The topological polar surface area (TPSA) is 0 Å². The molecule has 0 spiro atoms. The Morgan fingerprint density at radius 3 is 0.375 bits per heavy atom. The number of halogens is 4. The predicted molar refractivity (Wildman–Crippen MR) is 60.4 cm³/mol. The van der Waals surface area contributed by atoms with Crippen molar-refractivity contribution in [3.05, 3.63) is 0 Å². The molecule has 0 radical (unpaired) electrons. The summed E-state index contributed by atoms with van der Waals surface area (Å²) in [6.07, 6.45) is 0. The van der Waals surface area contributed by atoms with Crippen molar-refractivity contribution in [3.8, 4) is 0 Å². The molecule has 0 aromatic rings. The fourth-order valence-electron chi connectivity index (χ4n) is 0. The molecule has 0 rings (SSSR count). The van der Waals surface area contributed by atoms with Crippen molar-refractivity contribution in [1.82, 2.24) is 0 Å². The van der Waals surface area contributed by atoms with E-state index in [0.717, 1.165) is 0 Å². The SMILES string of the molecule is Cl.Cl.Cl.Cl.[CaH2].[CaH2].[NaH].[NaH]. The van der Waals surface area contributed by atoms with Gasteiger partial charge in [-0.05, 0) is 0 Å². The molecule has 44 valence electrons. The van der Waals surface area contributed by atoms with Crippen LogP contribution in [-0.4, -0.2) is 135 Å². The summed E-state index contributed by atoms with van der Waals surface area (Å²) in [4.78, 5) is 0. The fraction of sp³-hybridized carbons (Fsp3) is 0. The first-order valence-corrected chi connectivity index (χ1v) is 0. The molecule has 0 aromatic carbocycles. The van der Waals surface area contributed by atoms with Crippen LogP contribution in [0.4, 0.5) is 0 Å². The minimum absolute atomic E-state index is 0. The van der Waals surface area contributed by atoms with E-state index in [4.69, 9.17) is 0 Å². The van der Waals surface area contributed by atoms with Gasteiger partial charge >= 0.3 is 135 Å². The van der Waals surface area contributed by atoms with Crippen molar-refractivity contribution in [3.63, 3.8) is 0 Å². The Bertz CT molecular complexity index is 12.0. The van der Waals surface area contributed by atoms with Crippen LogP contribution < -0.4 is 0 Å². The predicted octanol–water partition coefficient (Wildman–Crippen LogP) is -1.44. The van der Waals surface area contributed by atoms with Crippen LogP contribution in [0, 0.1) is 0 Å². The van der Waals surface area contributed by atoms with Gasteiger partial charge in [0.1, 0.15) is 0 Å². The molecule has 0 unspecified atom stereocenters. The second-order valence-corrected chi connectivity index (χ2v) is 0. The van der Waals surface area contributed by atoms with E-state index in [1.165, 1.54) is 0 Å². The first-order valence-electron chi connectivity index (χ1n) is 0.